The Morgan fingerprint density at radius 3 is 2.36 bits per heavy atom. The van der Waals surface area contributed by atoms with Crippen molar-refractivity contribution in [2.45, 2.75) is 42.4 Å². The highest BCUT2D eigenvalue weighted by Gasteiger charge is 2.36. The largest absolute Gasteiger partial charge is 0.419 e. The highest BCUT2D eigenvalue weighted by Crippen LogP contribution is 2.33. The predicted molar refractivity (Wildman–Crippen MR) is 70.0 cm³/mol. The zero-order valence-corrected chi connectivity index (χ0v) is 12.3. The number of hydrogen-bond donors (Lipinski definition) is 2. The second kappa shape index (κ2) is 5.78. The van der Waals surface area contributed by atoms with Gasteiger partial charge in [0.05, 0.1) is 16.1 Å². The van der Waals surface area contributed by atoms with Gasteiger partial charge in [-0.2, -0.15) is 13.2 Å². The monoisotopic (exact) mass is 341 g/mol. The summed E-state index contributed by atoms with van der Waals surface area (Å²) in [5.74, 6) is -1.54. The van der Waals surface area contributed by atoms with E-state index in [9.17, 15) is 31.1 Å². The Balaban J connectivity index is 2.22. The minimum atomic E-state index is -4.99. The van der Waals surface area contributed by atoms with Crippen molar-refractivity contribution in [2.24, 2.45) is 0 Å². The van der Waals surface area contributed by atoms with Crippen LogP contribution in [0.15, 0.2) is 23.1 Å². The first kappa shape index (κ1) is 17.2. The predicted octanol–water partition coefficient (Wildman–Crippen LogP) is 2.43. The van der Waals surface area contributed by atoms with Gasteiger partial charge in [0.25, 0.3) is 0 Å². The molecule has 1 saturated carbocycles. The van der Waals surface area contributed by atoms with E-state index in [1.165, 1.54) is 0 Å². The van der Waals surface area contributed by atoms with Gasteiger partial charge in [-0.1, -0.05) is 12.8 Å². The molecule has 1 aromatic carbocycles. The summed E-state index contributed by atoms with van der Waals surface area (Å²) in [6.07, 6.45) is -2.63. The number of hydrogen-bond acceptors (Lipinski definition) is 3. The molecule has 1 aliphatic rings. The minimum Gasteiger partial charge on any atom is -0.389 e. The van der Waals surface area contributed by atoms with Gasteiger partial charge in [-0.05, 0) is 31.0 Å². The van der Waals surface area contributed by atoms with Crippen LogP contribution in [0.25, 0.3) is 0 Å². The molecule has 4 nitrogen and oxygen atoms in total. The molecule has 0 bridgehead atoms. The summed E-state index contributed by atoms with van der Waals surface area (Å²) in [4.78, 5) is -0.692. The molecule has 1 aliphatic carbocycles. The Kier molecular flexibility index (Phi) is 4.51. The minimum absolute atomic E-state index is 0.246. The van der Waals surface area contributed by atoms with E-state index in [1.807, 2.05) is 0 Å². The van der Waals surface area contributed by atoms with E-state index >= 15 is 0 Å². The fraction of sp³-hybridized carbons (Fsp3) is 0.538. The van der Waals surface area contributed by atoms with E-state index in [2.05, 4.69) is 4.72 Å². The van der Waals surface area contributed by atoms with Crippen molar-refractivity contribution in [1.29, 1.82) is 0 Å². The molecule has 0 aliphatic heterocycles. The Hall–Kier alpha value is -1.19. The van der Waals surface area contributed by atoms with Gasteiger partial charge in [0.1, 0.15) is 5.82 Å². The Morgan fingerprint density at radius 1 is 1.23 bits per heavy atom. The van der Waals surface area contributed by atoms with Crippen LogP contribution >= 0.6 is 0 Å². The molecule has 0 amide bonds. The second-order valence-electron chi connectivity index (χ2n) is 5.40. The van der Waals surface area contributed by atoms with Gasteiger partial charge >= 0.3 is 6.18 Å². The van der Waals surface area contributed by atoms with E-state index in [-0.39, 0.29) is 12.6 Å². The number of nitrogens with one attached hydrogen (secondary N) is 1. The molecule has 0 atom stereocenters. The Morgan fingerprint density at radius 2 is 1.82 bits per heavy atom. The van der Waals surface area contributed by atoms with E-state index in [4.69, 9.17) is 0 Å². The fourth-order valence-corrected chi connectivity index (χ4v) is 3.56. The van der Waals surface area contributed by atoms with Crippen LogP contribution in [0.2, 0.25) is 0 Å². The van der Waals surface area contributed by atoms with Crippen LogP contribution in [0.5, 0.6) is 0 Å². The van der Waals surface area contributed by atoms with Crippen LogP contribution in [0.4, 0.5) is 17.6 Å². The summed E-state index contributed by atoms with van der Waals surface area (Å²) in [6.45, 7) is -0.284. The van der Waals surface area contributed by atoms with Gasteiger partial charge in [0, 0.05) is 6.54 Å². The van der Waals surface area contributed by atoms with Crippen molar-refractivity contribution >= 4 is 10.0 Å². The van der Waals surface area contributed by atoms with E-state index in [0.29, 0.717) is 18.9 Å². The molecular weight excluding hydrogens is 326 g/mol. The number of rotatable bonds is 4. The molecule has 0 aromatic heterocycles. The first-order valence-electron chi connectivity index (χ1n) is 6.62. The first-order chi connectivity index (χ1) is 10.0. The Bertz CT molecular complexity index is 652. The average molecular weight is 341 g/mol. The maximum absolute atomic E-state index is 13.2. The van der Waals surface area contributed by atoms with Crippen molar-refractivity contribution in [1.82, 2.24) is 4.72 Å². The van der Waals surface area contributed by atoms with Gasteiger partial charge in [-0.25, -0.2) is 17.5 Å². The number of benzene rings is 1. The molecule has 0 radical (unpaired) electrons. The molecule has 2 rings (SSSR count). The summed E-state index contributed by atoms with van der Waals surface area (Å²) < 4.78 is 77.1. The molecule has 1 aromatic rings. The van der Waals surface area contributed by atoms with Crippen molar-refractivity contribution < 1.29 is 31.1 Å². The van der Waals surface area contributed by atoms with Crippen molar-refractivity contribution in [3.8, 4) is 0 Å². The van der Waals surface area contributed by atoms with Crippen LogP contribution in [-0.4, -0.2) is 25.7 Å². The molecular formula is C13H15F4NO3S. The summed E-state index contributed by atoms with van der Waals surface area (Å²) in [6, 6.07) is 1.46. The van der Waals surface area contributed by atoms with Crippen LogP contribution in [0, 0.1) is 5.82 Å². The van der Waals surface area contributed by atoms with Crippen LogP contribution in [-0.2, 0) is 16.2 Å². The number of alkyl halides is 3. The molecule has 0 heterocycles. The molecule has 9 heteroatoms. The quantitative estimate of drug-likeness (QED) is 0.827. The Labute approximate surface area is 125 Å². The van der Waals surface area contributed by atoms with Crippen molar-refractivity contribution in [3.05, 3.63) is 29.6 Å². The van der Waals surface area contributed by atoms with Gasteiger partial charge in [0.2, 0.25) is 10.0 Å². The summed E-state index contributed by atoms with van der Waals surface area (Å²) in [5.41, 5.74) is -2.82. The van der Waals surface area contributed by atoms with Crippen molar-refractivity contribution in [3.63, 3.8) is 0 Å². The first-order valence-corrected chi connectivity index (χ1v) is 8.11. The number of aliphatic hydroxyl groups is 1. The van der Waals surface area contributed by atoms with E-state index < -0.39 is 38.1 Å². The van der Waals surface area contributed by atoms with Crippen LogP contribution < -0.4 is 4.72 Å². The van der Waals surface area contributed by atoms with Gasteiger partial charge in [-0.15, -0.1) is 0 Å². The molecule has 0 spiro atoms. The second-order valence-corrected chi connectivity index (χ2v) is 7.16. The van der Waals surface area contributed by atoms with Gasteiger partial charge in [-0.3, -0.25) is 0 Å². The lowest BCUT2D eigenvalue weighted by Gasteiger charge is -2.22. The maximum Gasteiger partial charge on any atom is 0.419 e. The number of halogens is 4. The SMILES string of the molecule is O=S(=O)(NCC1(O)CCCC1)c1ccc(F)c(C(F)(F)F)c1. The third kappa shape index (κ3) is 3.76. The lowest BCUT2D eigenvalue weighted by Crippen LogP contribution is -2.40. The standard InChI is InChI=1S/C13H15F4NO3S/c14-11-4-3-9(7-10(11)13(15,16)17)22(20,21)18-8-12(19)5-1-2-6-12/h3-4,7,18-19H,1-2,5-6,8H2. The fourth-order valence-electron chi connectivity index (χ4n) is 2.41. The van der Waals surface area contributed by atoms with Crippen LogP contribution in [0.3, 0.4) is 0 Å². The van der Waals surface area contributed by atoms with E-state index in [0.717, 1.165) is 18.9 Å². The highest BCUT2D eigenvalue weighted by molar-refractivity contribution is 7.89. The zero-order valence-electron chi connectivity index (χ0n) is 11.5. The topological polar surface area (TPSA) is 66.4 Å². The molecule has 2 N–H and O–H groups in total. The molecule has 124 valence electrons. The van der Waals surface area contributed by atoms with E-state index in [1.54, 1.807) is 0 Å². The smallest absolute Gasteiger partial charge is 0.389 e. The number of sulfonamides is 1. The van der Waals surface area contributed by atoms with Gasteiger partial charge < -0.3 is 5.11 Å². The van der Waals surface area contributed by atoms with Crippen molar-refractivity contribution in [2.75, 3.05) is 6.54 Å². The molecule has 0 unspecified atom stereocenters. The summed E-state index contributed by atoms with van der Waals surface area (Å²) in [5, 5.41) is 10.1. The molecule has 22 heavy (non-hydrogen) atoms. The molecule has 0 saturated heterocycles. The summed E-state index contributed by atoms with van der Waals surface area (Å²) >= 11 is 0. The normalized spacial score (nSPS) is 18.6. The zero-order chi connectivity index (χ0) is 16.6. The lowest BCUT2D eigenvalue weighted by molar-refractivity contribution is -0.140. The third-order valence-electron chi connectivity index (χ3n) is 3.68. The maximum atomic E-state index is 13.2. The molecule has 1 fully saturated rings. The average Bonchev–Trinajstić information content (AvgIpc) is 2.83. The summed E-state index contributed by atoms with van der Waals surface area (Å²) in [7, 11) is -4.26. The van der Waals surface area contributed by atoms with Gasteiger partial charge in [0.15, 0.2) is 0 Å². The van der Waals surface area contributed by atoms with Crippen LogP contribution in [0.1, 0.15) is 31.2 Å². The third-order valence-corrected chi connectivity index (χ3v) is 5.08. The lowest BCUT2D eigenvalue weighted by atomic mass is 10.0. The highest BCUT2D eigenvalue weighted by atomic mass is 32.2.